The molecule has 5 heteroatoms. The van der Waals surface area contributed by atoms with Gasteiger partial charge in [-0.1, -0.05) is 24.3 Å². The zero-order chi connectivity index (χ0) is 16.7. The van der Waals surface area contributed by atoms with Crippen molar-refractivity contribution in [3.8, 4) is 5.75 Å². The van der Waals surface area contributed by atoms with Gasteiger partial charge in [0, 0.05) is 17.7 Å². The van der Waals surface area contributed by atoms with Gasteiger partial charge in [-0.2, -0.15) is 0 Å². The normalized spacial score (nSPS) is 10.1. The lowest BCUT2D eigenvalue weighted by atomic mass is 10.1. The van der Waals surface area contributed by atoms with Crippen molar-refractivity contribution >= 4 is 23.1 Å². The summed E-state index contributed by atoms with van der Waals surface area (Å²) in [5.74, 6) is 0.479. The van der Waals surface area contributed by atoms with Crippen LogP contribution in [0.1, 0.15) is 30.1 Å². The van der Waals surface area contributed by atoms with Crippen LogP contribution in [0, 0.1) is 0 Å². The fourth-order valence-electron chi connectivity index (χ4n) is 2.07. The number of nitrogens with one attached hydrogen (secondary N) is 1. The molecular weight excluding hydrogens is 292 g/mol. The molecule has 0 aliphatic rings. The molecule has 0 radical (unpaired) electrons. The maximum atomic E-state index is 11.9. The highest BCUT2D eigenvalue weighted by atomic mass is 16.5. The van der Waals surface area contributed by atoms with Gasteiger partial charge in [-0.3, -0.25) is 9.59 Å². The Bertz CT molecular complexity index is 698. The number of nitrogen functional groups attached to an aromatic ring is 1. The molecule has 3 N–H and O–H groups in total. The zero-order valence-corrected chi connectivity index (χ0v) is 13.0. The van der Waals surface area contributed by atoms with Crippen molar-refractivity contribution < 1.29 is 14.3 Å². The molecule has 1 amide bonds. The van der Waals surface area contributed by atoms with Crippen LogP contribution in [-0.2, 0) is 4.79 Å². The predicted molar refractivity (Wildman–Crippen MR) is 90.7 cm³/mol. The Labute approximate surface area is 135 Å². The van der Waals surface area contributed by atoms with Gasteiger partial charge in [-0.25, -0.2) is 0 Å². The molecule has 2 rings (SSSR count). The SMILES string of the molecule is CC(=O)c1cccc(NC(=O)CCCOc2ccccc2N)c1. The largest absolute Gasteiger partial charge is 0.491 e. The number of ether oxygens (including phenoxy) is 1. The number of Topliss-reactive ketones (excluding diaryl/α,β-unsaturated/α-hetero) is 1. The fourth-order valence-corrected chi connectivity index (χ4v) is 2.07. The lowest BCUT2D eigenvalue weighted by Gasteiger charge is -2.09. The van der Waals surface area contributed by atoms with Crippen LogP contribution in [0.2, 0.25) is 0 Å². The summed E-state index contributed by atoms with van der Waals surface area (Å²) in [5, 5.41) is 2.78. The molecular formula is C18H20N2O3. The number of benzene rings is 2. The Morgan fingerprint density at radius 1 is 1.13 bits per heavy atom. The minimum absolute atomic E-state index is 0.0325. The predicted octanol–water partition coefficient (Wildman–Crippen LogP) is 3.27. The number of carbonyl (C=O) groups is 2. The number of hydrogen-bond donors (Lipinski definition) is 2. The van der Waals surface area contributed by atoms with E-state index in [1.807, 2.05) is 12.1 Å². The number of rotatable bonds is 7. The van der Waals surface area contributed by atoms with E-state index in [4.69, 9.17) is 10.5 Å². The van der Waals surface area contributed by atoms with E-state index in [9.17, 15) is 9.59 Å². The van der Waals surface area contributed by atoms with Gasteiger partial charge in [0.2, 0.25) is 5.91 Å². The van der Waals surface area contributed by atoms with Gasteiger partial charge in [0.1, 0.15) is 5.75 Å². The molecule has 0 atom stereocenters. The van der Waals surface area contributed by atoms with Crippen LogP contribution in [0.4, 0.5) is 11.4 Å². The third-order valence-electron chi connectivity index (χ3n) is 3.28. The topological polar surface area (TPSA) is 81.4 Å². The first-order valence-corrected chi connectivity index (χ1v) is 7.44. The van der Waals surface area contributed by atoms with Crippen LogP contribution in [-0.4, -0.2) is 18.3 Å². The Balaban J connectivity index is 1.76. The van der Waals surface area contributed by atoms with Gasteiger partial charge in [0.25, 0.3) is 0 Å². The van der Waals surface area contributed by atoms with E-state index < -0.39 is 0 Å². The molecule has 0 heterocycles. The van der Waals surface area contributed by atoms with E-state index in [1.54, 1.807) is 36.4 Å². The highest BCUT2D eigenvalue weighted by Crippen LogP contribution is 2.20. The Hall–Kier alpha value is -2.82. The standard InChI is InChI=1S/C18H20N2O3/c1-13(21)14-6-4-7-15(12-14)20-18(22)10-5-11-23-17-9-3-2-8-16(17)19/h2-4,6-9,12H,5,10-11,19H2,1H3,(H,20,22). The van der Waals surface area contributed by atoms with Crippen molar-refractivity contribution in [1.29, 1.82) is 0 Å². The van der Waals surface area contributed by atoms with Crippen LogP contribution in [0.5, 0.6) is 5.75 Å². The van der Waals surface area contributed by atoms with Crippen LogP contribution in [0.3, 0.4) is 0 Å². The zero-order valence-electron chi connectivity index (χ0n) is 13.0. The van der Waals surface area contributed by atoms with E-state index >= 15 is 0 Å². The first-order valence-electron chi connectivity index (χ1n) is 7.44. The summed E-state index contributed by atoms with van der Waals surface area (Å²) < 4.78 is 5.54. The molecule has 0 saturated heterocycles. The molecule has 0 aliphatic heterocycles. The summed E-state index contributed by atoms with van der Waals surface area (Å²) >= 11 is 0. The molecule has 2 aromatic carbocycles. The van der Waals surface area contributed by atoms with Crippen molar-refractivity contribution in [2.24, 2.45) is 0 Å². The van der Waals surface area contributed by atoms with Gasteiger partial charge < -0.3 is 15.8 Å². The smallest absolute Gasteiger partial charge is 0.224 e. The molecule has 0 fully saturated rings. The third kappa shape index (κ3) is 5.14. The second kappa shape index (κ2) is 7.98. The summed E-state index contributed by atoms with van der Waals surface area (Å²) in [7, 11) is 0. The highest BCUT2D eigenvalue weighted by Gasteiger charge is 2.05. The average molecular weight is 312 g/mol. The van der Waals surface area contributed by atoms with E-state index in [1.165, 1.54) is 6.92 Å². The Morgan fingerprint density at radius 2 is 1.91 bits per heavy atom. The summed E-state index contributed by atoms with van der Waals surface area (Å²) in [6.45, 7) is 1.91. The molecule has 0 spiro atoms. The minimum atomic E-state index is -0.115. The van der Waals surface area contributed by atoms with E-state index in [-0.39, 0.29) is 11.7 Å². The molecule has 2 aromatic rings. The average Bonchev–Trinajstić information content (AvgIpc) is 2.53. The van der Waals surface area contributed by atoms with Crippen molar-refractivity contribution in [2.75, 3.05) is 17.7 Å². The number of amides is 1. The van der Waals surface area contributed by atoms with E-state index in [0.717, 1.165) is 0 Å². The van der Waals surface area contributed by atoms with Gasteiger partial charge in [-0.15, -0.1) is 0 Å². The fraction of sp³-hybridized carbons (Fsp3) is 0.222. The lowest BCUT2D eigenvalue weighted by Crippen LogP contribution is -2.13. The molecule has 0 saturated carbocycles. The monoisotopic (exact) mass is 312 g/mol. The maximum absolute atomic E-state index is 11.9. The molecule has 0 unspecified atom stereocenters. The molecule has 5 nitrogen and oxygen atoms in total. The third-order valence-corrected chi connectivity index (χ3v) is 3.28. The van der Waals surface area contributed by atoms with Crippen LogP contribution in [0.15, 0.2) is 48.5 Å². The summed E-state index contributed by atoms with van der Waals surface area (Å²) in [5.41, 5.74) is 7.55. The van der Waals surface area contributed by atoms with Crippen LogP contribution < -0.4 is 15.8 Å². The molecule has 0 aromatic heterocycles. The number of nitrogens with two attached hydrogens (primary N) is 1. The number of anilines is 2. The molecule has 0 bridgehead atoms. The molecule has 23 heavy (non-hydrogen) atoms. The van der Waals surface area contributed by atoms with Gasteiger partial charge in [0.15, 0.2) is 5.78 Å². The van der Waals surface area contributed by atoms with Crippen molar-refractivity contribution in [3.05, 3.63) is 54.1 Å². The molecule has 120 valence electrons. The summed E-state index contributed by atoms with van der Waals surface area (Å²) in [6, 6.07) is 14.1. The highest BCUT2D eigenvalue weighted by molar-refractivity contribution is 5.97. The number of hydrogen-bond acceptors (Lipinski definition) is 4. The maximum Gasteiger partial charge on any atom is 0.224 e. The lowest BCUT2D eigenvalue weighted by molar-refractivity contribution is -0.116. The number of para-hydroxylation sites is 2. The summed E-state index contributed by atoms with van der Waals surface area (Å²) in [4.78, 5) is 23.2. The second-order valence-electron chi connectivity index (χ2n) is 5.18. The molecule has 0 aliphatic carbocycles. The Morgan fingerprint density at radius 3 is 2.65 bits per heavy atom. The first-order chi connectivity index (χ1) is 11.1. The summed E-state index contributed by atoms with van der Waals surface area (Å²) in [6.07, 6.45) is 0.906. The van der Waals surface area contributed by atoms with E-state index in [0.29, 0.717) is 42.1 Å². The van der Waals surface area contributed by atoms with Crippen molar-refractivity contribution in [1.82, 2.24) is 0 Å². The Kier molecular flexibility index (Phi) is 5.74. The first kappa shape index (κ1) is 16.5. The number of ketones is 1. The minimum Gasteiger partial charge on any atom is -0.491 e. The van der Waals surface area contributed by atoms with Crippen molar-refractivity contribution in [2.45, 2.75) is 19.8 Å². The van der Waals surface area contributed by atoms with E-state index in [2.05, 4.69) is 5.32 Å². The number of carbonyl (C=O) groups excluding carboxylic acids is 2. The van der Waals surface area contributed by atoms with Gasteiger partial charge in [0.05, 0.1) is 12.3 Å². The van der Waals surface area contributed by atoms with Gasteiger partial charge in [-0.05, 0) is 37.6 Å². The van der Waals surface area contributed by atoms with Crippen LogP contribution in [0.25, 0.3) is 0 Å². The quantitative estimate of drug-likeness (QED) is 0.467. The van der Waals surface area contributed by atoms with Gasteiger partial charge >= 0.3 is 0 Å². The van der Waals surface area contributed by atoms with Crippen LogP contribution >= 0.6 is 0 Å². The second-order valence-corrected chi connectivity index (χ2v) is 5.18. The van der Waals surface area contributed by atoms with Crippen molar-refractivity contribution in [3.63, 3.8) is 0 Å².